The third-order valence-corrected chi connectivity index (χ3v) is 2.62. The van der Waals surface area contributed by atoms with Crippen LogP contribution in [0.5, 0.6) is 0 Å². The van der Waals surface area contributed by atoms with E-state index in [1.165, 1.54) is 0 Å². The van der Waals surface area contributed by atoms with Gasteiger partial charge in [-0.15, -0.1) is 0 Å². The summed E-state index contributed by atoms with van der Waals surface area (Å²) in [5, 5.41) is 2.68. The van der Waals surface area contributed by atoms with Gasteiger partial charge in [-0.3, -0.25) is 10.1 Å². The van der Waals surface area contributed by atoms with Crippen molar-refractivity contribution in [2.24, 2.45) is 5.92 Å². The molecule has 1 amide bonds. The summed E-state index contributed by atoms with van der Waals surface area (Å²) >= 11 is 0. The third-order valence-electron chi connectivity index (χ3n) is 2.62. The zero-order valence-electron chi connectivity index (χ0n) is 13.9. The van der Waals surface area contributed by atoms with E-state index in [0.29, 0.717) is 12.1 Å². The average Bonchev–Trinajstić information content (AvgIpc) is 2.34. The monoisotopic (exact) mass is 307 g/mol. The molecule has 22 heavy (non-hydrogen) atoms. The van der Waals surface area contributed by atoms with E-state index in [2.05, 4.69) is 5.32 Å². The predicted molar refractivity (Wildman–Crippen MR) is 85.5 cm³/mol. The standard InChI is InChI=1S/C17H25NO4/c1-12(2)10-15(19)21-11-13-8-6-7-9-14(13)18-16(20)22-17(3,4)5/h6-9,12H,10-11H2,1-5H3,(H,18,20). The molecule has 5 nitrogen and oxygen atoms in total. The maximum Gasteiger partial charge on any atom is 0.412 e. The van der Waals surface area contributed by atoms with Crippen molar-refractivity contribution in [3.05, 3.63) is 29.8 Å². The summed E-state index contributed by atoms with van der Waals surface area (Å²) in [4.78, 5) is 23.4. The Morgan fingerprint density at radius 3 is 2.41 bits per heavy atom. The first kappa shape index (κ1) is 18.0. The summed E-state index contributed by atoms with van der Waals surface area (Å²) in [5.41, 5.74) is 0.738. The van der Waals surface area contributed by atoms with Crippen molar-refractivity contribution in [1.82, 2.24) is 0 Å². The van der Waals surface area contributed by atoms with Gasteiger partial charge in [0.1, 0.15) is 12.2 Å². The van der Waals surface area contributed by atoms with Crippen LogP contribution in [0.1, 0.15) is 46.6 Å². The number of esters is 1. The number of hydrogen-bond donors (Lipinski definition) is 1. The second-order valence-electron chi connectivity index (χ2n) is 6.54. The average molecular weight is 307 g/mol. The molecule has 0 unspecified atom stereocenters. The van der Waals surface area contributed by atoms with Gasteiger partial charge in [-0.25, -0.2) is 4.79 Å². The number of para-hydroxylation sites is 1. The molecule has 5 heteroatoms. The quantitative estimate of drug-likeness (QED) is 0.831. The van der Waals surface area contributed by atoms with Crippen molar-refractivity contribution in [1.29, 1.82) is 0 Å². The van der Waals surface area contributed by atoms with E-state index < -0.39 is 11.7 Å². The van der Waals surface area contributed by atoms with Crippen LogP contribution in [-0.4, -0.2) is 17.7 Å². The van der Waals surface area contributed by atoms with Gasteiger partial charge in [0.05, 0.1) is 5.69 Å². The normalized spacial score (nSPS) is 11.2. The molecule has 1 N–H and O–H groups in total. The van der Waals surface area contributed by atoms with E-state index in [9.17, 15) is 9.59 Å². The fourth-order valence-electron chi connectivity index (χ4n) is 1.73. The van der Waals surface area contributed by atoms with Gasteiger partial charge in [0, 0.05) is 12.0 Å². The van der Waals surface area contributed by atoms with E-state index in [1.807, 2.05) is 19.9 Å². The highest BCUT2D eigenvalue weighted by Crippen LogP contribution is 2.18. The molecule has 0 saturated heterocycles. The first-order chi connectivity index (χ1) is 10.2. The molecule has 0 atom stereocenters. The molecule has 0 aliphatic heterocycles. The second-order valence-corrected chi connectivity index (χ2v) is 6.54. The minimum absolute atomic E-state index is 0.123. The van der Waals surface area contributed by atoms with Crippen molar-refractivity contribution in [2.45, 2.75) is 53.2 Å². The van der Waals surface area contributed by atoms with Gasteiger partial charge in [0.2, 0.25) is 0 Å². The molecule has 0 radical (unpaired) electrons. The van der Waals surface area contributed by atoms with Crippen molar-refractivity contribution >= 4 is 17.7 Å². The fourth-order valence-corrected chi connectivity index (χ4v) is 1.73. The maximum absolute atomic E-state index is 11.8. The molecule has 1 rings (SSSR count). The Labute approximate surface area is 132 Å². The molecule has 0 saturated carbocycles. The molecule has 0 bridgehead atoms. The maximum atomic E-state index is 11.8. The van der Waals surface area contributed by atoms with Crippen LogP contribution in [0.4, 0.5) is 10.5 Å². The SMILES string of the molecule is CC(C)CC(=O)OCc1ccccc1NC(=O)OC(C)(C)C. The van der Waals surface area contributed by atoms with Crippen molar-refractivity contribution in [3.63, 3.8) is 0 Å². The highest BCUT2D eigenvalue weighted by molar-refractivity contribution is 5.86. The number of carbonyl (C=O) groups excluding carboxylic acids is 2. The molecule has 0 heterocycles. The zero-order valence-corrected chi connectivity index (χ0v) is 13.9. The molecule has 0 fully saturated rings. The largest absolute Gasteiger partial charge is 0.461 e. The summed E-state index contributed by atoms with van der Waals surface area (Å²) in [6, 6.07) is 7.17. The second kappa shape index (κ2) is 7.82. The van der Waals surface area contributed by atoms with Crippen LogP contribution >= 0.6 is 0 Å². The molecule has 1 aromatic rings. The van der Waals surface area contributed by atoms with E-state index >= 15 is 0 Å². The third kappa shape index (κ3) is 7.11. The first-order valence-corrected chi connectivity index (χ1v) is 7.41. The summed E-state index contributed by atoms with van der Waals surface area (Å²) in [7, 11) is 0. The van der Waals surface area contributed by atoms with Crippen LogP contribution in [0.25, 0.3) is 0 Å². The van der Waals surface area contributed by atoms with Gasteiger partial charge in [-0.2, -0.15) is 0 Å². The number of rotatable bonds is 5. The highest BCUT2D eigenvalue weighted by atomic mass is 16.6. The zero-order chi connectivity index (χ0) is 16.8. The Morgan fingerprint density at radius 2 is 1.82 bits per heavy atom. The Bertz CT molecular complexity index is 518. The number of carbonyl (C=O) groups is 2. The lowest BCUT2D eigenvalue weighted by molar-refractivity contribution is -0.145. The molecule has 0 aliphatic rings. The van der Waals surface area contributed by atoms with Crippen LogP contribution in [0.15, 0.2) is 24.3 Å². The highest BCUT2D eigenvalue weighted by Gasteiger charge is 2.17. The van der Waals surface area contributed by atoms with E-state index in [0.717, 1.165) is 5.56 Å². The van der Waals surface area contributed by atoms with Crippen LogP contribution in [0.3, 0.4) is 0 Å². The summed E-state index contributed by atoms with van der Waals surface area (Å²) < 4.78 is 10.4. The number of amides is 1. The van der Waals surface area contributed by atoms with Gasteiger partial charge in [-0.05, 0) is 32.8 Å². The molecule has 122 valence electrons. The first-order valence-electron chi connectivity index (χ1n) is 7.41. The van der Waals surface area contributed by atoms with Gasteiger partial charge in [0.15, 0.2) is 0 Å². The Balaban J connectivity index is 2.66. The fraction of sp³-hybridized carbons (Fsp3) is 0.529. The van der Waals surface area contributed by atoms with Crippen LogP contribution in [0, 0.1) is 5.92 Å². The molecular formula is C17H25NO4. The Hall–Kier alpha value is -2.04. The van der Waals surface area contributed by atoms with Gasteiger partial charge >= 0.3 is 12.1 Å². The van der Waals surface area contributed by atoms with Gasteiger partial charge in [-0.1, -0.05) is 32.0 Å². The summed E-state index contributed by atoms with van der Waals surface area (Å²) in [6.07, 6.45) is -0.157. The van der Waals surface area contributed by atoms with Crippen LogP contribution < -0.4 is 5.32 Å². The Morgan fingerprint density at radius 1 is 1.18 bits per heavy atom. The van der Waals surface area contributed by atoms with Gasteiger partial charge in [0.25, 0.3) is 0 Å². The topological polar surface area (TPSA) is 64.6 Å². The molecule has 0 aliphatic carbocycles. The minimum Gasteiger partial charge on any atom is -0.461 e. The number of nitrogens with one attached hydrogen (secondary N) is 1. The smallest absolute Gasteiger partial charge is 0.412 e. The van der Waals surface area contributed by atoms with Crippen LogP contribution in [-0.2, 0) is 20.9 Å². The summed E-state index contributed by atoms with van der Waals surface area (Å²) in [6.45, 7) is 9.43. The van der Waals surface area contributed by atoms with Crippen molar-refractivity contribution in [2.75, 3.05) is 5.32 Å². The molecule has 0 aromatic heterocycles. The number of benzene rings is 1. The van der Waals surface area contributed by atoms with Gasteiger partial charge < -0.3 is 9.47 Å². The number of hydrogen-bond acceptors (Lipinski definition) is 4. The minimum atomic E-state index is -0.567. The van der Waals surface area contributed by atoms with E-state index in [4.69, 9.17) is 9.47 Å². The summed E-state index contributed by atoms with van der Waals surface area (Å²) in [5.74, 6) is 0.00435. The molecular weight excluding hydrogens is 282 g/mol. The lowest BCUT2D eigenvalue weighted by Gasteiger charge is -2.20. The molecule has 0 spiro atoms. The number of anilines is 1. The lowest BCUT2D eigenvalue weighted by atomic mass is 10.1. The van der Waals surface area contributed by atoms with Crippen LogP contribution in [0.2, 0.25) is 0 Å². The van der Waals surface area contributed by atoms with Crippen molar-refractivity contribution < 1.29 is 19.1 Å². The van der Waals surface area contributed by atoms with Crippen molar-refractivity contribution in [3.8, 4) is 0 Å². The lowest BCUT2D eigenvalue weighted by Crippen LogP contribution is -2.27. The van der Waals surface area contributed by atoms with E-state index in [1.54, 1.807) is 39.0 Å². The van der Waals surface area contributed by atoms with E-state index in [-0.39, 0.29) is 18.5 Å². The molecule has 1 aromatic carbocycles. The predicted octanol–water partition coefficient (Wildman–Crippen LogP) is 4.12. The number of ether oxygens (including phenoxy) is 2. The Kier molecular flexibility index (Phi) is 6.40.